The molecule has 2 heterocycles. The fourth-order valence-corrected chi connectivity index (χ4v) is 1.21. The number of aryl methyl sites for hydroxylation is 2. The first-order valence-corrected chi connectivity index (χ1v) is 3.60. The van der Waals surface area contributed by atoms with Crippen molar-refractivity contribution in [2.24, 2.45) is 7.05 Å². The maximum absolute atomic E-state index is 5.44. The lowest BCUT2D eigenvalue weighted by molar-refractivity contribution is 0.773. The number of nitrogen functional groups attached to an aromatic ring is 1. The topological polar surface area (TPSA) is 69.6 Å². The van der Waals surface area contributed by atoms with Gasteiger partial charge in [-0.3, -0.25) is 4.68 Å². The summed E-state index contributed by atoms with van der Waals surface area (Å²) >= 11 is 0. The molecule has 0 aliphatic carbocycles. The van der Waals surface area contributed by atoms with Crippen LogP contribution in [0.25, 0.3) is 11.0 Å². The highest BCUT2D eigenvalue weighted by Gasteiger charge is 2.05. The highest BCUT2D eigenvalue weighted by atomic mass is 15.3. The van der Waals surface area contributed by atoms with E-state index in [0.29, 0.717) is 0 Å². The van der Waals surface area contributed by atoms with Gasteiger partial charge >= 0.3 is 0 Å². The molecular formula is C7H9N5. The minimum absolute atomic E-state index is 0.283. The molecule has 0 fully saturated rings. The molecular weight excluding hydrogens is 154 g/mol. The van der Waals surface area contributed by atoms with Crippen LogP contribution in [-0.2, 0) is 7.05 Å². The Morgan fingerprint density at radius 2 is 2.25 bits per heavy atom. The van der Waals surface area contributed by atoms with Crippen molar-refractivity contribution in [2.45, 2.75) is 6.92 Å². The number of rotatable bonds is 0. The lowest BCUT2D eigenvalue weighted by Gasteiger charge is -1.92. The van der Waals surface area contributed by atoms with E-state index < -0.39 is 0 Å². The second-order valence-electron chi connectivity index (χ2n) is 2.67. The average Bonchev–Trinajstić information content (AvgIpc) is 2.28. The number of aromatic nitrogens is 4. The number of fused-ring (bicyclic) bond motifs is 1. The van der Waals surface area contributed by atoms with Crippen LogP contribution in [0.15, 0.2) is 6.20 Å². The Kier molecular flexibility index (Phi) is 1.27. The third kappa shape index (κ3) is 0.827. The van der Waals surface area contributed by atoms with Gasteiger partial charge in [0.15, 0.2) is 5.65 Å². The summed E-state index contributed by atoms with van der Waals surface area (Å²) in [6, 6.07) is 0. The van der Waals surface area contributed by atoms with E-state index in [0.717, 1.165) is 16.7 Å². The third-order valence-electron chi connectivity index (χ3n) is 1.78. The van der Waals surface area contributed by atoms with E-state index in [1.807, 2.05) is 14.0 Å². The van der Waals surface area contributed by atoms with Gasteiger partial charge in [0.2, 0.25) is 5.95 Å². The lowest BCUT2D eigenvalue weighted by Crippen LogP contribution is -1.97. The van der Waals surface area contributed by atoms with E-state index in [1.165, 1.54) is 0 Å². The van der Waals surface area contributed by atoms with Crippen molar-refractivity contribution in [3.8, 4) is 0 Å². The van der Waals surface area contributed by atoms with Crippen molar-refractivity contribution in [1.82, 2.24) is 19.7 Å². The van der Waals surface area contributed by atoms with Gasteiger partial charge in [0.25, 0.3) is 0 Å². The van der Waals surface area contributed by atoms with Gasteiger partial charge in [-0.25, -0.2) is 4.98 Å². The second-order valence-corrected chi connectivity index (χ2v) is 2.67. The molecule has 5 heteroatoms. The standard InChI is InChI=1S/C7H9N5/c1-4-5-3-9-7(8)10-6(5)12(2)11-4/h3H,1-2H3,(H2,8,9,10). The van der Waals surface area contributed by atoms with Crippen molar-refractivity contribution in [3.05, 3.63) is 11.9 Å². The molecule has 0 saturated carbocycles. The van der Waals surface area contributed by atoms with E-state index >= 15 is 0 Å². The molecule has 62 valence electrons. The van der Waals surface area contributed by atoms with Gasteiger partial charge in [0.05, 0.1) is 11.1 Å². The van der Waals surface area contributed by atoms with Gasteiger partial charge in [0, 0.05) is 13.2 Å². The minimum atomic E-state index is 0.283. The molecule has 0 radical (unpaired) electrons. The predicted octanol–water partition coefficient (Wildman–Crippen LogP) is 0.254. The molecule has 0 saturated heterocycles. The molecule has 0 atom stereocenters. The van der Waals surface area contributed by atoms with E-state index in [9.17, 15) is 0 Å². The Bertz CT molecular complexity index is 431. The van der Waals surface area contributed by atoms with Gasteiger partial charge in [-0.2, -0.15) is 10.1 Å². The average molecular weight is 163 g/mol. The van der Waals surface area contributed by atoms with E-state index in [2.05, 4.69) is 15.1 Å². The van der Waals surface area contributed by atoms with Crippen LogP contribution >= 0.6 is 0 Å². The van der Waals surface area contributed by atoms with Crippen molar-refractivity contribution in [3.63, 3.8) is 0 Å². The van der Waals surface area contributed by atoms with E-state index in [4.69, 9.17) is 5.73 Å². The largest absolute Gasteiger partial charge is 0.368 e. The van der Waals surface area contributed by atoms with Crippen LogP contribution in [0.3, 0.4) is 0 Å². The Labute approximate surface area is 69.2 Å². The summed E-state index contributed by atoms with van der Waals surface area (Å²) in [6.07, 6.45) is 1.69. The maximum Gasteiger partial charge on any atom is 0.222 e. The van der Waals surface area contributed by atoms with Crippen molar-refractivity contribution in [2.75, 3.05) is 5.73 Å². The first-order valence-electron chi connectivity index (χ1n) is 3.60. The fourth-order valence-electron chi connectivity index (χ4n) is 1.21. The molecule has 0 amide bonds. The molecule has 2 rings (SSSR count). The van der Waals surface area contributed by atoms with Crippen LogP contribution in [0, 0.1) is 6.92 Å². The van der Waals surface area contributed by atoms with Crippen molar-refractivity contribution in [1.29, 1.82) is 0 Å². The summed E-state index contributed by atoms with van der Waals surface area (Å²) in [4.78, 5) is 7.96. The molecule has 12 heavy (non-hydrogen) atoms. The highest BCUT2D eigenvalue weighted by molar-refractivity contribution is 5.77. The molecule has 2 N–H and O–H groups in total. The number of hydrogen-bond acceptors (Lipinski definition) is 4. The molecule has 0 aliphatic heterocycles. The first kappa shape index (κ1) is 7.02. The summed E-state index contributed by atoms with van der Waals surface area (Å²) in [6.45, 7) is 1.92. The summed E-state index contributed by atoms with van der Waals surface area (Å²) in [7, 11) is 1.84. The zero-order valence-corrected chi connectivity index (χ0v) is 6.94. The third-order valence-corrected chi connectivity index (χ3v) is 1.78. The summed E-state index contributed by atoms with van der Waals surface area (Å²) in [5, 5.41) is 5.14. The first-order chi connectivity index (χ1) is 5.68. The molecule has 0 bridgehead atoms. The van der Waals surface area contributed by atoms with Gasteiger partial charge < -0.3 is 5.73 Å². The normalized spacial score (nSPS) is 10.8. The van der Waals surface area contributed by atoms with Crippen LogP contribution in [-0.4, -0.2) is 19.7 Å². The maximum atomic E-state index is 5.44. The minimum Gasteiger partial charge on any atom is -0.368 e. The highest BCUT2D eigenvalue weighted by Crippen LogP contribution is 2.13. The molecule has 0 unspecified atom stereocenters. The van der Waals surface area contributed by atoms with E-state index in [1.54, 1.807) is 10.9 Å². The molecule has 2 aromatic heterocycles. The molecule has 0 aliphatic rings. The van der Waals surface area contributed by atoms with Crippen molar-refractivity contribution >= 4 is 17.0 Å². The van der Waals surface area contributed by atoms with Crippen LogP contribution < -0.4 is 5.73 Å². The van der Waals surface area contributed by atoms with Crippen LogP contribution in [0.5, 0.6) is 0 Å². The molecule has 0 aromatic carbocycles. The second kappa shape index (κ2) is 2.17. The van der Waals surface area contributed by atoms with Gasteiger partial charge in [0.1, 0.15) is 0 Å². The SMILES string of the molecule is Cc1nn(C)c2nc(N)ncc12. The number of nitrogens with zero attached hydrogens (tertiary/aromatic N) is 4. The Hall–Kier alpha value is -1.65. The monoisotopic (exact) mass is 163 g/mol. The summed E-state index contributed by atoms with van der Waals surface area (Å²) in [5.41, 5.74) is 7.14. The number of hydrogen-bond donors (Lipinski definition) is 1. The van der Waals surface area contributed by atoms with Gasteiger partial charge in [-0.05, 0) is 6.92 Å². The zero-order chi connectivity index (χ0) is 8.72. The van der Waals surface area contributed by atoms with Crippen LogP contribution in [0.2, 0.25) is 0 Å². The Morgan fingerprint density at radius 1 is 1.50 bits per heavy atom. The van der Waals surface area contributed by atoms with Gasteiger partial charge in [-0.1, -0.05) is 0 Å². The Balaban J connectivity index is 2.90. The van der Waals surface area contributed by atoms with E-state index in [-0.39, 0.29) is 5.95 Å². The zero-order valence-electron chi connectivity index (χ0n) is 6.94. The quantitative estimate of drug-likeness (QED) is 0.604. The van der Waals surface area contributed by atoms with Crippen LogP contribution in [0.1, 0.15) is 5.69 Å². The summed E-state index contributed by atoms with van der Waals surface area (Å²) < 4.78 is 1.70. The number of nitrogens with two attached hydrogens (primary N) is 1. The lowest BCUT2D eigenvalue weighted by atomic mass is 10.3. The van der Waals surface area contributed by atoms with Gasteiger partial charge in [-0.15, -0.1) is 0 Å². The smallest absolute Gasteiger partial charge is 0.222 e. The molecule has 5 nitrogen and oxygen atoms in total. The fraction of sp³-hybridized carbons (Fsp3) is 0.286. The molecule has 0 spiro atoms. The van der Waals surface area contributed by atoms with Crippen LogP contribution in [0.4, 0.5) is 5.95 Å². The summed E-state index contributed by atoms with van der Waals surface area (Å²) in [5.74, 6) is 0.283. The predicted molar refractivity (Wildman–Crippen MR) is 45.5 cm³/mol. The van der Waals surface area contributed by atoms with Crippen molar-refractivity contribution < 1.29 is 0 Å². The molecule has 2 aromatic rings. The Morgan fingerprint density at radius 3 is 3.00 bits per heavy atom. The number of anilines is 1.